The quantitative estimate of drug-likeness (QED) is 0.909. The number of amides is 1. The average Bonchev–Trinajstić information content (AvgIpc) is 2.43. The number of phenolic OH excluding ortho intramolecular Hbond substituents is 1. The Hall–Kier alpha value is -2.70. The van der Waals surface area contributed by atoms with Crippen LogP contribution in [0.5, 0.6) is 11.5 Å². The van der Waals surface area contributed by atoms with E-state index < -0.39 is 18.3 Å². The molecule has 0 aliphatic heterocycles. The van der Waals surface area contributed by atoms with Crippen molar-refractivity contribution >= 4 is 11.6 Å². The van der Waals surface area contributed by atoms with Gasteiger partial charge >= 0.3 is 6.61 Å². The van der Waals surface area contributed by atoms with Gasteiger partial charge in [0.1, 0.15) is 17.3 Å². The smallest absolute Gasteiger partial charge is 0.387 e. The first-order valence-electron chi connectivity index (χ1n) is 5.80. The lowest BCUT2D eigenvalue weighted by atomic mass is 10.1. The lowest BCUT2D eigenvalue weighted by molar-refractivity contribution is -0.0498. The molecule has 4 nitrogen and oxygen atoms in total. The molecular weight excluding hydrogens is 287 g/mol. The summed E-state index contributed by atoms with van der Waals surface area (Å²) in [5.41, 5.74) is 0.0492. The van der Waals surface area contributed by atoms with Crippen LogP contribution in [0.25, 0.3) is 0 Å². The predicted octanol–water partition coefficient (Wildman–Crippen LogP) is 3.39. The third-order valence-electron chi connectivity index (χ3n) is 2.54. The Morgan fingerprint density at radius 3 is 2.43 bits per heavy atom. The van der Waals surface area contributed by atoms with Crippen molar-refractivity contribution in [1.82, 2.24) is 0 Å². The summed E-state index contributed by atoms with van der Waals surface area (Å²) in [6, 6.07) is 8.13. The topological polar surface area (TPSA) is 58.6 Å². The first-order valence-corrected chi connectivity index (χ1v) is 5.80. The van der Waals surface area contributed by atoms with Crippen LogP contribution < -0.4 is 10.1 Å². The summed E-state index contributed by atoms with van der Waals surface area (Å²) in [4.78, 5) is 11.9. The fourth-order valence-electron chi connectivity index (χ4n) is 1.61. The summed E-state index contributed by atoms with van der Waals surface area (Å²) in [6.07, 6.45) is 0. The van der Waals surface area contributed by atoms with E-state index in [1.807, 2.05) is 0 Å². The molecule has 21 heavy (non-hydrogen) atoms. The van der Waals surface area contributed by atoms with Crippen LogP contribution in [0.3, 0.4) is 0 Å². The third kappa shape index (κ3) is 3.88. The van der Waals surface area contributed by atoms with E-state index in [4.69, 9.17) is 0 Å². The maximum Gasteiger partial charge on any atom is 0.387 e. The zero-order chi connectivity index (χ0) is 15.4. The maximum absolute atomic E-state index is 13.0. The fourth-order valence-corrected chi connectivity index (χ4v) is 1.61. The number of alkyl halides is 2. The number of nitrogens with one attached hydrogen (secondary N) is 1. The van der Waals surface area contributed by atoms with Gasteiger partial charge in [-0.2, -0.15) is 8.78 Å². The highest BCUT2D eigenvalue weighted by Crippen LogP contribution is 2.21. The fraction of sp³-hybridized carbons (Fsp3) is 0.0714. The van der Waals surface area contributed by atoms with Crippen LogP contribution in [-0.4, -0.2) is 17.6 Å². The zero-order valence-corrected chi connectivity index (χ0v) is 10.5. The molecule has 0 aliphatic rings. The Labute approximate surface area is 117 Å². The molecule has 0 radical (unpaired) electrons. The number of carbonyl (C=O) groups is 1. The van der Waals surface area contributed by atoms with E-state index in [0.29, 0.717) is 0 Å². The van der Waals surface area contributed by atoms with Crippen molar-refractivity contribution < 1.29 is 27.8 Å². The molecule has 7 heteroatoms. The number of phenols is 1. The minimum Gasteiger partial charge on any atom is -0.507 e. The van der Waals surface area contributed by atoms with E-state index >= 15 is 0 Å². The Kier molecular flexibility index (Phi) is 4.32. The van der Waals surface area contributed by atoms with Gasteiger partial charge in [-0.3, -0.25) is 4.79 Å². The Morgan fingerprint density at radius 1 is 1.14 bits per heavy atom. The molecular formula is C14H10F3NO3. The van der Waals surface area contributed by atoms with Crippen molar-refractivity contribution in [1.29, 1.82) is 0 Å². The van der Waals surface area contributed by atoms with Crippen LogP contribution >= 0.6 is 0 Å². The van der Waals surface area contributed by atoms with E-state index in [1.54, 1.807) is 0 Å². The summed E-state index contributed by atoms with van der Waals surface area (Å²) in [6.45, 7) is -2.94. The van der Waals surface area contributed by atoms with E-state index in [1.165, 1.54) is 24.3 Å². The number of anilines is 1. The summed E-state index contributed by atoms with van der Waals surface area (Å²) in [7, 11) is 0. The van der Waals surface area contributed by atoms with E-state index in [-0.39, 0.29) is 22.7 Å². The first kappa shape index (κ1) is 14.7. The number of halogens is 3. The molecule has 0 fully saturated rings. The largest absolute Gasteiger partial charge is 0.507 e. The van der Waals surface area contributed by atoms with Crippen LogP contribution in [0.15, 0.2) is 42.5 Å². The second-order valence-electron chi connectivity index (χ2n) is 4.02. The van der Waals surface area contributed by atoms with Crippen molar-refractivity contribution in [2.45, 2.75) is 6.61 Å². The lowest BCUT2D eigenvalue weighted by Crippen LogP contribution is -2.12. The molecule has 2 aromatic carbocycles. The first-order chi connectivity index (χ1) is 9.95. The highest BCUT2D eigenvalue weighted by Gasteiger charge is 2.12. The van der Waals surface area contributed by atoms with E-state index in [9.17, 15) is 23.1 Å². The van der Waals surface area contributed by atoms with Crippen molar-refractivity contribution in [3.8, 4) is 11.5 Å². The van der Waals surface area contributed by atoms with Gasteiger partial charge in [0.05, 0.1) is 5.56 Å². The van der Waals surface area contributed by atoms with E-state index in [0.717, 1.165) is 18.2 Å². The highest BCUT2D eigenvalue weighted by atomic mass is 19.3. The van der Waals surface area contributed by atoms with Crippen LogP contribution in [0.2, 0.25) is 0 Å². The molecule has 0 unspecified atom stereocenters. The number of aromatic hydroxyl groups is 1. The Morgan fingerprint density at radius 2 is 1.81 bits per heavy atom. The molecule has 2 N–H and O–H groups in total. The molecule has 2 rings (SSSR count). The molecule has 0 atom stereocenters. The number of hydrogen-bond acceptors (Lipinski definition) is 3. The molecule has 0 spiro atoms. The highest BCUT2D eigenvalue weighted by molar-refractivity contribution is 6.06. The van der Waals surface area contributed by atoms with Gasteiger partial charge in [0.25, 0.3) is 5.91 Å². The molecule has 0 heterocycles. The number of benzene rings is 2. The second-order valence-corrected chi connectivity index (χ2v) is 4.02. The zero-order valence-electron chi connectivity index (χ0n) is 10.5. The van der Waals surface area contributed by atoms with Gasteiger partial charge in [-0.1, -0.05) is 0 Å². The minimum atomic E-state index is -2.94. The van der Waals surface area contributed by atoms with Gasteiger partial charge in [0, 0.05) is 5.69 Å². The van der Waals surface area contributed by atoms with Gasteiger partial charge in [0.15, 0.2) is 0 Å². The van der Waals surface area contributed by atoms with Gasteiger partial charge < -0.3 is 15.2 Å². The summed E-state index contributed by atoms with van der Waals surface area (Å²) in [5.74, 6) is -1.82. The number of hydrogen-bond donors (Lipinski definition) is 2. The molecule has 0 bridgehead atoms. The predicted molar refractivity (Wildman–Crippen MR) is 69.1 cm³/mol. The second kappa shape index (κ2) is 6.17. The van der Waals surface area contributed by atoms with Crippen molar-refractivity contribution in [2.24, 2.45) is 0 Å². The van der Waals surface area contributed by atoms with Gasteiger partial charge in [0.2, 0.25) is 0 Å². The molecule has 0 saturated carbocycles. The average molecular weight is 297 g/mol. The maximum atomic E-state index is 13.0. The molecule has 0 saturated heterocycles. The normalized spacial score (nSPS) is 10.5. The number of ether oxygens (including phenoxy) is 1. The number of carbonyl (C=O) groups excluding carboxylic acids is 1. The van der Waals surface area contributed by atoms with Gasteiger partial charge in [-0.05, 0) is 42.5 Å². The van der Waals surface area contributed by atoms with Crippen LogP contribution in [0.1, 0.15) is 10.4 Å². The van der Waals surface area contributed by atoms with Crippen molar-refractivity contribution in [3.63, 3.8) is 0 Å². The third-order valence-corrected chi connectivity index (χ3v) is 2.54. The van der Waals surface area contributed by atoms with Crippen molar-refractivity contribution in [2.75, 3.05) is 5.32 Å². The minimum absolute atomic E-state index is 0.0587. The molecule has 0 aliphatic carbocycles. The summed E-state index contributed by atoms with van der Waals surface area (Å²) < 4.78 is 41.2. The Balaban J connectivity index is 2.10. The SMILES string of the molecule is O=C(Nc1ccc(OC(F)F)cc1)c1cc(F)ccc1O. The lowest BCUT2D eigenvalue weighted by Gasteiger charge is -2.08. The van der Waals surface area contributed by atoms with E-state index in [2.05, 4.69) is 10.1 Å². The monoisotopic (exact) mass is 297 g/mol. The molecule has 1 amide bonds. The van der Waals surface area contributed by atoms with Crippen LogP contribution in [0.4, 0.5) is 18.9 Å². The standard InChI is InChI=1S/C14H10F3NO3/c15-8-1-6-12(19)11(7-8)13(20)18-9-2-4-10(5-3-9)21-14(16)17/h1-7,14,19H,(H,18,20). The molecule has 110 valence electrons. The van der Waals surface area contributed by atoms with Crippen LogP contribution in [-0.2, 0) is 0 Å². The number of rotatable bonds is 4. The molecule has 0 aromatic heterocycles. The van der Waals surface area contributed by atoms with Crippen molar-refractivity contribution in [3.05, 3.63) is 53.8 Å². The summed E-state index contributed by atoms with van der Waals surface area (Å²) >= 11 is 0. The summed E-state index contributed by atoms with van der Waals surface area (Å²) in [5, 5.41) is 11.9. The van der Waals surface area contributed by atoms with Crippen LogP contribution in [0, 0.1) is 5.82 Å². The van der Waals surface area contributed by atoms with Gasteiger partial charge in [-0.15, -0.1) is 0 Å². The van der Waals surface area contributed by atoms with Gasteiger partial charge in [-0.25, -0.2) is 4.39 Å². The molecule has 2 aromatic rings. The Bertz CT molecular complexity index is 644.